The zero-order valence-electron chi connectivity index (χ0n) is 7.24. The van der Waals surface area contributed by atoms with E-state index in [1.807, 2.05) is 6.07 Å². The summed E-state index contributed by atoms with van der Waals surface area (Å²) in [6.07, 6.45) is 0. The molecule has 1 N–H and O–H groups in total. The summed E-state index contributed by atoms with van der Waals surface area (Å²) in [7, 11) is 0. The molecule has 0 fully saturated rings. The fraction of sp³-hybridized carbons (Fsp3) is 0.333. The molecule has 0 heterocycles. The summed E-state index contributed by atoms with van der Waals surface area (Å²) in [5.74, 6) is 0.393. The van der Waals surface area contributed by atoms with Crippen LogP contribution in [-0.2, 0) is 0 Å². The molecule has 0 saturated carbocycles. The summed E-state index contributed by atoms with van der Waals surface area (Å²) in [5.41, 5.74) is 8.31. The van der Waals surface area contributed by atoms with Crippen LogP contribution in [0.2, 0.25) is 0 Å². The van der Waals surface area contributed by atoms with Gasteiger partial charge in [-0.25, -0.2) is 0 Å². The fourth-order valence-corrected chi connectivity index (χ4v) is 1.01. The van der Waals surface area contributed by atoms with Crippen molar-refractivity contribution >= 4 is 5.69 Å². The quantitative estimate of drug-likeness (QED) is 0.407. The maximum atomic E-state index is 10.6. The van der Waals surface area contributed by atoms with Gasteiger partial charge in [0.1, 0.15) is 0 Å². The van der Waals surface area contributed by atoms with E-state index in [0.29, 0.717) is 11.6 Å². The van der Waals surface area contributed by atoms with Crippen molar-refractivity contribution in [3.05, 3.63) is 35.0 Å². The molecule has 64 valence electrons. The molecule has 0 amide bonds. The van der Waals surface area contributed by atoms with Gasteiger partial charge < -0.3 is 5.21 Å². The molecule has 3 nitrogen and oxygen atoms in total. The van der Waals surface area contributed by atoms with E-state index < -0.39 is 0 Å². The lowest BCUT2D eigenvalue weighted by Gasteiger charge is -2.04. The standard InChI is InChI=1S/C9H12N2O/c1-7(2)8-4-3-5-9(6-8)11(10)12/h3-7,10H,1-2H3. The molecule has 0 aliphatic rings. The van der Waals surface area contributed by atoms with Crippen LogP contribution in [0, 0.1) is 10.7 Å². The highest BCUT2D eigenvalue weighted by Gasteiger charge is 2.04. The first kappa shape index (κ1) is 8.71. The molecule has 0 unspecified atom stereocenters. The van der Waals surface area contributed by atoms with Crippen molar-refractivity contribution in [3.63, 3.8) is 0 Å². The Morgan fingerprint density at radius 3 is 2.58 bits per heavy atom. The SMILES string of the molecule is CC(C)c1cccc([N+](=N)[O-])c1. The Kier molecular flexibility index (Phi) is 2.43. The second-order valence-corrected chi connectivity index (χ2v) is 3.04. The Bertz CT molecular complexity index is 294. The largest absolute Gasteiger partial charge is 0.594 e. The summed E-state index contributed by atoms with van der Waals surface area (Å²) < 4.78 is 0. The van der Waals surface area contributed by atoms with Crippen LogP contribution in [0.4, 0.5) is 5.69 Å². The van der Waals surface area contributed by atoms with Crippen molar-refractivity contribution in [2.24, 2.45) is 0 Å². The van der Waals surface area contributed by atoms with Gasteiger partial charge in [0, 0.05) is 12.1 Å². The van der Waals surface area contributed by atoms with Gasteiger partial charge in [0.25, 0.3) is 0 Å². The van der Waals surface area contributed by atoms with E-state index in [9.17, 15) is 5.21 Å². The Morgan fingerprint density at radius 1 is 1.42 bits per heavy atom. The number of rotatable bonds is 2. The molecule has 1 aromatic carbocycles. The molecule has 0 aliphatic heterocycles. The third-order valence-corrected chi connectivity index (χ3v) is 1.77. The molecule has 0 aliphatic carbocycles. The Balaban J connectivity index is 3.04. The first-order valence-corrected chi connectivity index (χ1v) is 3.89. The molecular formula is C9H12N2O. The first-order valence-electron chi connectivity index (χ1n) is 3.89. The van der Waals surface area contributed by atoms with E-state index in [-0.39, 0.29) is 4.86 Å². The van der Waals surface area contributed by atoms with E-state index in [4.69, 9.17) is 5.53 Å². The van der Waals surface area contributed by atoms with E-state index in [0.717, 1.165) is 5.56 Å². The minimum absolute atomic E-state index is 0.131. The summed E-state index contributed by atoms with van der Waals surface area (Å²) in [4.78, 5) is 0.131. The molecule has 0 bridgehead atoms. The topological polar surface area (TPSA) is 49.9 Å². The Morgan fingerprint density at radius 2 is 2.08 bits per heavy atom. The van der Waals surface area contributed by atoms with Gasteiger partial charge in [-0.05, 0) is 17.0 Å². The number of hydrogen-bond donors (Lipinski definition) is 1. The van der Waals surface area contributed by atoms with E-state index in [1.165, 1.54) is 0 Å². The van der Waals surface area contributed by atoms with Crippen LogP contribution in [0.1, 0.15) is 25.3 Å². The lowest BCUT2D eigenvalue weighted by molar-refractivity contribution is -0.465. The molecular weight excluding hydrogens is 152 g/mol. The minimum atomic E-state index is 0.131. The van der Waals surface area contributed by atoms with Crippen molar-refractivity contribution in [2.45, 2.75) is 19.8 Å². The average Bonchev–Trinajstić information content (AvgIpc) is 2.04. The van der Waals surface area contributed by atoms with Gasteiger partial charge in [-0.3, -0.25) is 0 Å². The average molecular weight is 164 g/mol. The van der Waals surface area contributed by atoms with Gasteiger partial charge in [-0.15, -0.1) is 0 Å². The molecule has 1 aromatic rings. The van der Waals surface area contributed by atoms with Crippen molar-refractivity contribution in [1.82, 2.24) is 0 Å². The predicted molar refractivity (Wildman–Crippen MR) is 46.5 cm³/mol. The predicted octanol–water partition coefficient (Wildman–Crippen LogP) is 2.98. The highest BCUT2D eigenvalue weighted by molar-refractivity contribution is 5.35. The van der Waals surface area contributed by atoms with Crippen LogP contribution in [0.25, 0.3) is 0 Å². The lowest BCUT2D eigenvalue weighted by atomic mass is 10.0. The van der Waals surface area contributed by atoms with Crippen molar-refractivity contribution in [2.75, 3.05) is 0 Å². The lowest BCUT2D eigenvalue weighted by Crippen LogP contribution is -1.91. The van der Waals surface area contributed by atoms with Gasteiger partial charge >= 0.3 is 0 Å². The maximum absolute atomic E-state index is 10.6. The zero-order valence-corrected chi connectivity index (χ0v) is 7.24. The van der Waals surface area contributed by atoms with Crippen molar-refractivity contribution in [1.29, 1.82) is 5.53 Å². The Labute approximate surface area is 71.7 Å². The molecule has 1 rings (SSSR count). The third-order valence-electron chi connectivity index (χ3n) is 1.77. The summed E-state index contributed by atoms with van der Waals surface area (Å²) in [5, 5.41) is 10.6. The molecule has 0 saturated heterocycles. The number of hydrogen-bond acceptors (Lipinski definition) is 2. The zero-order chi connectivity index (χ0) is 9.14. The first-order chi connectivity index (χ1) is 5.61. The summed E-state index contributed by atoms with van der Waals surface area (Å²) in [6.45, 7) is 4.11. The maximum Gasteiger partial charge on any atom is 0.244 e. The third kappa shape index (κ3) is 1.81. The van der Waals surface area contributed by atoms with Crippen LogP contribution in [0.15, 0.2) is 24.3 Å². The molecule has 0 atom stereocenters. The van der Waals surface area contributed by atoms with Crippen molar-refractivity contribution in [3.8, 4) is 0 Å². The van der Waals surface area contributed by atoms with Gasteiger partial charge in [-0.2, -0.15) is 0 Å². The van der Waals surface area contributed by atoms with Gasteiger partial charge in [-0.1, -0.05) is 30.8 Å². The van der Waals surface area contributed by atoms with Crippen LogP contribution in [-0.4, -0.2) is 4.86 Å². The smallest absolute Gasteiger partial charge is 0.244 e. The van der Waals surface area contributed by atoms with Crippen LogP contribution in [0.3, 0.4) is 0 Å². The Hall–Kier alpha value is -1.38. The normalized spacial score (nSPS) is 10.2. The van der Waals surface area contributed by atoms with Gasteiger partial charge in [0.15, 0.2) is 0 Å². The highest BCUT2D eigenvalue weighted by atomic mass is 16.5. The summed E-state index contributed by atoms with van der Waals surface area (Å²) in [6, 6.07) is 7.12. The monoisotopic (exact) mass is 164 g/mol. The minimum Gasteiger partial charge on any atom is -0.594 e. The second-order valence-electron chi connectivity index (χ2n) is 3.04. The van der Waals surface area contributed by atoms with E-state index >= 15 is 0 Å². The molecule has 0 aromatic heterocycles. The van der Waals surface area contributed by atoms with E-state index in [1.54, 1.807) is 18.2 Å². The fourth-order valence-electron chi connectivity index (χ4n) is 1.01. The van der Waals surface area contributed by atoms with Crippen LogP contribution in [0.5, 0.6) is 0 Å². The summed E-state index contributed by atoms with van der Waals surface area (Å²) >= 11 is 0. The number of nitrogens with zero attached hydrogens (tertiary/aromatic N) is 1. The highest BCUT2D eigenvalue weighted by Crippen LogP contribution is 2.19. The van der Waals surface area contributed by atoms with Crippen molar-refractivity contribution < 1.29 is 4.86 Å². The second kappa shape index (κ2) is 3.34. The van der Waals surface area contributed by atoms with Gasteiger partial charge in [0.05, 0.1) is 0 Å². The van der Waals surface area contributed by atoms with E-state index in [2.05, 4.69) is 13.8 Å². The molecule has 0 radical (unpaired) electrons. The van der Waals surface area contributed by atoms with Gasteiger partial charge in [0.2, 0.25) is 5.69 Å². The van der Waals surface area contributed by atoms with Crippen LogP contribution < -0.4 is 0 Å². The molecule has 0 spiro atoms. The molecule has 12 heavy (non-hydrogen) atoms. The number of nitrogens with one attached hydrogen (secondary N) is 1. The van der Waals surface area contributed by atoms with Crippen LogP contribution >= 0.6 is 0 Å². The number of benzene rings is 1. The molecule has 3 heteroatoms.